The molecule has 34 heavy (non-hydrogen) atoms. The Labute approximate surface area is 199 Å². The van der Waals surface area contributed by atoms with Crippen molar-refractivity contribution in [1.29, 1.82) is 0 Å². The lowest BCUT2D eigenvalue weighted by molar-refractivity contribution is -0.129. The minimum absolute atomic E-state index is 0.0482. The van der Waals surface area contributed by atoms with Crippen LogP contribution >= 0.6 is 0 Å². The fraction of sp³-hybridized carbons (Fsp3) is 0.296. The quantitative estimate of drug-likeness (QED) is 0.408. The molecule has 0 radical (unpaired) electrons. The van der Waals surface area contributed by atoms with Gasteiger partial charge in [-0.15, -0.1) is 0 Å². The third kappa shape index (κ3) is 3.82. The number of nitrogens with zero attached hydrogens (tertiary/aromatic N) is 2. The molecule has 0 unspecified atom stereocenters. The molecule has 0 aliphatic carbocycles. The van der Waals surface area contributed by atoms with Crippen molar-refractivity contribution in [2.24, 2.45) is 0 Å². The smallest absolute Gasteiger partial charge is 0.325 e. The zero-order valence-electron chi connectivity index (χ0n) is 19.9. The maximum Gasteiger partial charge on any atom is 0.325 e. The van der Waals surface area contributed by atoms with Crippen LogP contribution in [0.15, 0.2) is 66.7 Å². The normalized spacial score (nSPS) is 15.9. The first-order valence-corrected chi connectivity index (χ1v) is 11.3. The standard InChI is InChI=1S/C27H29N3O4/c1-18-15-23(20(3)30(18)19(2)17-34-4)24(31)16-29-25(32)27(28-26(29)33,21-11-7-5-8-12-21)22-13-9-6-10-14-22/h5-15,19H,16-17H2,1-4H3,(H,28,33)/t19-/m0/s1. The predicted octanol–water partition coefficient (Wildman–Crippen LogP) is 3.99. The number of aryl methyl sites for hydroxylation is 1. The van der Waals surface area contributed by atoms with Gasteiger partial charge in [0, 0.05) is 24.1 Å². The number of aromatic nitrogens is 1. The number of ketones is 1. The number of amides is 3. The third-order valence-corrected chi connectivity index (χ3v) is 6.45. The number of carbonyl (C=O) groups is 3. The van der Waals surface area contributed by atoms with Crippen LogP contribution in [-0.4, -0.2) is 47.4 Å². The highest BCUT2D eigenvalue weighted by Crippen LogP contribution is 2.36. The summed E-state index contributed by atoms with van der Waals surface area (Å²) in [6.07, 6.45) is 0. The number of rotatable bonds is 8. The van der Waals surface area contributed by atoms with Crippen molar-refractivity contribution < 1.29 is 19.1 Å². The summed E-state index contributed by atoms with van der Waals surface area (Å²) in [5.41, 5.74) is 2.10. The molecule has 1 fully saturated rings. The third-order valence-electron chi connectivity index (χ3n) is 6.45. The Kier molecular flexibility index (Phi) is 6.39. The lowest BCUT2D eigenvalue weighted by Gasteiger charge is -2.28. The van der Waals surface area contributed by atoms with Crippen LogP contribution < -0.4 is 5.32 Å². The van der Waals surface area contributed by atoms with Crippen LogP contribution in [-0.2, 0) is 15.1 Å². The summed E-state index contributed by atoms with van der Waals surface area (Å²) in [6, 6.07) is 19.5. The summed E-state index contributed by atoms with van der Waals surface area (Å²) in [5, 5.41) is 2.89. The van der Waals surface area contributed by atoms with Crippen molar-refractivity contribution in [3.05, 3.63) is 94.8 Å². The second-order valence-corrected chi connectivity index (χ2v) is 8.69. The number of urea groups is 1. The second-order valence-electron chi connectivity index (χ2n) is 8.69. The van der Waals surface area contributed by atoms with E-state index >= 15 is 0 Å². The summed E-state index contributed by atoms with van der Waals surface area (Å²) in [6.45, 7) is 5.99. The van der Waals surface area contributed by atoms with E-state index in [0.717, 1.165) is 16.3 Å². The first-order valence-electron chi connectivity index (χ1n) is 11.3. The van der Waals surface area contributed by atoms with E-state index in [1.165, 1.54) is 0 Å². The summed E-state index contributed by atoms with van der Waals surface area (Å²) >= 11 is 0. The fourth-order valence-corrected chi connectivity index (χ4v) is 4.94. The van der Waals surface area contributed by atoms with Gasteiger partial charge in [-0.1, -0.05) is 60.7 Å². The van der Waals surface area contributed by atoms with Gasteiger partial charge in [0.15, 0.2) is 11.3 Å². The van der Waals surface area contributed by atoms with Crippen LogP contribution in [0.1, 0.15) is 45.8 Å². The number of methoxy groups -OCH3 is 1. The van der Waals surface area contributed by atoms with Gasteiger partial charge in [0.2, 0.25) is 0 Å². The fourth-order valence-electron chi connectivity index (χ4n) is 4.94. The molecule has 0 bridgehead atoms. The van der Waals surface area contributed by atoms with E-state index in [1.807, 2.05) is 67.8 Å². The Morgan fingerprint density at radius 1 is 1.00 bits per heavy atom. The van der Waals surface area contributed by atoms with Gasteiger partial charge < -0.3 is 14.6 Å². The molecule has 176 valence electrons. The Balaban J connectivity index is 1.68. The maximum absolute atomic E-state index is 13.8. The minimum Gasteiger partial charge on any atom is -0.383 e. The average molecular weight is 460 g/mol. The largest absolute Gasteiger partial charge is 0.383 e. The van der Waals surface area contributed by atoms with Gasteiger partial charge in [0.05, 0.1) is 19.2 Å². The highest BCUT2D eigenvalue weighted by atomic mass is 16.5. The number of imide groups is 1. The number of hydrogen-bond donors (Lipinski definition) is 1. The van der Waals surface area contributed by atoms with Crippen LogP contribution in [0.3, 0.4) is 0 Å². The Morgan fingerprint density at radius 2 is 1.56 bits per heavy atom. The summed E-state index contributed by atoms with van der Waals surface area (Å²) in [4.78, 5) is 41.3. The summed E-state index contributed by atoms with van der Waals surface area (Å²) in [7, 11) is 1.64. The zero-order chi connectivity index (χ0) is 24.5. The molecule has 1 aliphatic rings. The van der Waals surface area contributed by atoms with Gasteiger partial charge in [-0.05, 0) is 38.0 Å². The van der Waals surface area contributed by atoms with Gasteiger partial charge in [0.1, 0.15) is 0 Å². The highest BCUT2D eigenvalue weighted by Gasteiger charge is 2.54. The number of benzene rings is 2. The van der Waals surface area contributed by atoms with E-state index in [9.17, 15) is 14.4 Å². The van der Waals surface area contributed by atoms with Crippen molar-refractivity contribution in [1.82, 2.24) is 14.8 Å². The second kappa shape index (κ2) is 9.27. The van der Waals surface area contributed by atoms with Crippen molar-refractivity contribution >= 4 is 17.7 Å². The first-order chi connectivity index (χ1) is 16.3. The summed E-state index contributed by atoms with van der Waals surface area (Å²) in [5.74, 6) is -0.755. The molecule has 1 aromatic heterocycles. The zero-order valence-corrected chi connectivity index (χ0v) is 19.9. The summed E-state index contributed by atoms with van der Waals surface area (Å²) < 4.78 is 7.31. The molecule has 7 heteroatoms. The van der Waals surface area contributed by atoms with E-state index < -0.39 is 17.5 Å². The SMILES string of the molecule is COC[C@H](C)n1c(C)cc(C(=O)CN2C(=O)NC(c3ccccc3)(c3ccccc3)C2=O)c1C. The van der Waals surface area contributed by atoms with Crippen molar-refractivity contribution in [3.63, 3.8) is 0 Å². The molecule has 4 rings (SSSR count). The monoisotopic (exact) mass is 459 g/mol. The van der Waals surface area contributed by atoms with E-state index in [4.69, 9.17) is 4.74 Å². The molecule has 7 nitrogen and oxygen atoms in total. The van der Waals surface area contributed by atoms with E-state index in [2.05, 4.69) is 5.32 Å². The lowest BCUT2D eigenvalue weighted by Crippen LogP contribution is -2.45. The van der Waals surface area contributed by atoms with Gasteiger partial charge in [-0.25, -0.2) is 4.79 Å². The average Bonchev–Trinajstić information content (AvgIpc) is 3.28. The van der Waals surface area contributed by atoms with E-state index in [1.54, 1.807) is 31.4 Å². The van der Waals surface area contributed by atoms with Crippen LogP contribution in [0.25, 0.3) is 0 Å². The molecule has 3 aromatic rings. The topological polar surface area (TPSA) is 80.6 Å². The Hall–Kier alpha value is -3.71. The number of carbonyl (C=O) groups excluding carboxylic acids is 3. The van der Waals surface area contributed by atoms with Crippen LogP contribution in [0.4, 0.5) is 4.79 Å². The molecular weight excluding hydrogens is 430 g/mol. The Morgan fingerprint density at radius 3 is 2.09 bits per heavy atom. The number of ether oxygens (including phenoxy) is 1. The molecule has 2 aromatic carbocycles. The lowest BCUT2D eigenvalue weighted by atomic mass is 9.82. The number of hydrogen-bond acceptors (Lipinski definition) is 4. The first kappa shape index (κ1) is 23.4. The highest BCUT2D eigenvalue weighted by molar-refractivity contribution is 6.13. The molecular formula is C27H29N3O4. The van der Waals surface area contributed by atoms with Crippen LogP contribution in [0, 0.1) is 13.8 Å². The van der Waals surface area contributed by atoms with Crippen molar-refractivity contribution in [2.75, 3.05) is 20.3 Å². The number of nitrogens with one attached hydrogen (secondary N) is 1. The molecule has 1 N–H and O–H groups in total. The van der Waals surface area contributed by atoms with Crippen molar-refractivity contribution in [2.45, 2.75) is 32.4 Å². The van der Waals surface area contributed by atoms with Gasteiger partial charge in [-0.3, -0.25) is 14.5 Å². The van der Waals surface area contributed by atoms with Gasteiger partial charge in [0.25, 0.3) is 5.91 Å². The van der Waals surface area contributed by atoms with Gasteiger partial charge >= 0.3 is 6.03 Å². The minimum atomic E-state index is -1.39. The van der Waals surface area contributed by atoms with Crippen LogP contribution in [0.2, 0.25) is 0 Å². The number of Topliss-reactive ketones (excluding diaryl/α,β-unsaturated/α-hetero) is 1. The Bertz CT molecular complexity index is 1180. The molecule has 1 aliphatic heterocycles. The van der Waals surface area contributed by atoms with Crippen molar-refractivity contribution in [3.8, 4) is 0 Å². The molecule has 0 spiro atoms. The van der Waals surface area contributed by atoms with Crippen LogP contribution in [0.5, 0.6) is 0 Å². The van der Waals surface area contributed by atoms with E-state index in [0.29, 0.717) is 23.3 Å². The molecule has 1 atom stereocenters. The molecule has 2 heterocycles. The molecule has 1 saturated heterocycles. The molecule has 0 saturated carbocycles. The molecule has 3 amide bonds. The van der Waals surface area contributed by atoms with Gasteiger partial charge in [-0.2, -0.15) is 0 Å². The van der Waals surface area contributed by atoms with E-state index in [-0.39, 0.29) is 18.4 Å². The maximum atomic E-state index is 13.8. The predicted molar refractivity (Wildman–Crippen MR) is 129 cm³/mol.